The summed E-state index contributed by atoms with van der Waals surface area (Å²) in [7, 11) is 0. The third-order valence-electron chi connectivity index (χ3n) is 4.66. The summed E-state index contributed by atoms with van der Waals surface area (Å²) in [6.07, 6.45) is 3.08. The first-order valence-electron chi connectivity index (χ1n) is 8.29. The number of para-hydroxylation sites is 1. The molecule has 0 spiro atoms. The molecule has 1 amide bonds. The van der Waals surface area contributed by atoms with Crippen LogP contribution in [0.5, 0.6) is 0 Å². The van der Waals surface area contributed by atoms with Crippen LogP contribution in [-0.2, 0) is 12.8 Å². The fraction of sp³-hybridized carbons (Fsp3) is 0.263. The van der Waals surface area contributed by atoms with Crippen LogP contribution in [0.2, 0.25) is 0 Å². The van der Waals surface area contributed by atoms with Gasteiger partial charge in [0.15, 0.2) is 0 Å². The molecular weight excluding hydrogens is 337 g/mol. The minimum atomic E-state index is -0.474. The summed E-state index contributed by atoms with van der Waals surface area (Å²) < 4.78 is 13.8. The van der Waals surface area contributed by atoms with Gasteiger partial charge in [-0.3, -0.25) is 4.79 Å². The Bertz CT molecular complexity index is 982. The van der Waals surface area contributed by atoms with Crippen LogP contribution in [0.1, 0.15) is 34.3 Å². The van der Waals surface area contributed by atoms with E-state index in [1.54, 1.807) is 12.1 Å². The van der Waals surface area contributed by atoms with Gasteiger partial charge in [0.25, 0.3) is 5.91 Å². The van der Waals surface area contributed by atoms with Crippen molar-refractivity contribution in [1.82, 2.24) is 4.98 Å². The molecule has 0 saturated carbocycles. The smallest absolute Gasteiger partial charge is 0.268 e. The van der Waals surface area contributed by atoms with E-state index in [0.29, 0.717) is 16.5 Å². The number of rotatable bonds is 2. The van der Waals surface area contributed by atoms with Crippen molar-refractivity contribution in [2.75, 3.05) is 11.1 Å². The SMILES string of the molecule is CC1CCc2nc3sc(C(=O)Nc4ccccc4F)c(N)c3cc2C1. The molecule has 0 bridgehead atoms. The molecule has 1 aliphatic carbocycles. The zero-order valence-corrected chi connectivity index (χ0v) is 14.6. The topological polar surface area (TPSA) is 68.0 Å². The third kappa shape index (κ3) is 2.87. The lowest BCUT2D eigenvalue weighted by Crippen LogP contribution is -2.13. The second-order valence-electron chi connectivity index (χ2n) is 6.57. The number of halogens is 1. The monoisotopic (exact) mass is 355 g/mol. The fourth-order valence-electron chi connectivity index (χ4n) is 3.28. The minimum Gasteiger partial charge on any atom is -0.397 e. The lowest BCUT2D eigenvalue weighted by atomic mass is 9.87. The number of benzene rings is 1. The molecule has 25 heavy (non-hydrogen) atoms. The van der Waals surface area contributed by atoms with E-state index in [2.05, 4.69) is 18.3 Å². The third-order valence-corrected chi connectivity index (χ3v) is 5.77. The highest BCUT2D eigenvalue weighted by molar-refractivity contribution is 7.21. The van der Waals surface area contributed by atoms with Crippen molar-refractivity contribution in [2.24, 2.45) is 5.92 Å². The maximum absolute atomic E-state index is 13.8. The van der Waals surface area contributed by atoms with Crippen LogP contribution >= 0.6 is 11.3 Å². The Kier molecular flexibility index (Phi) is 3.92. The Morgan fingerprint density at radius 2 is 2.20 bits per heavy atom. The van der Waals surface area contributed by atoms with Crippen molar-refractivity contribution in [3.05, 3.63) is 52.3 Å². The van der Waals surface area contributed by atoms with E-state index < -0.39 is 11.7 Å². The first-order valence-corrected chi connectivity index (χ1v) is 9.11. The van der Waals surface area contributed by atoms with Gasteiger partial charge in [-0.05, 0) is 48.9 Å². The molecule has 2 heterocycles. The van der Waals surface area contributed by atoms with Gasteiger partial charge in [0.1, 0.15) is 15.5 Å². The predicted molar refractivity (Wildman–Crippen MR) is 99.6 cm³/mol. The summed E-state index contributed by atoms with van der Waals surface area (Å²) in [6.45, 7) is 2.23. The van der Waals surface area contributed by atoms with E-state index in [4.69, 9.17) is 10.7 Å². The largest absolute Gasteiger partial charge is 0.397 e. The van der Waals surface area contributed by atoms with E-state index in [1.165, 1.54) is 29.0 Å². The summed E-state index contributed by atoms with van der Waals surface area (Å²) in [6, 6.07) is 8.15. The average Bonchev–Trinajstić information content (AvgIpc) is 2.91. The highest BCUT2D eigenvalue weighted by Gasteiger charge is 2.22. The van der Waals surface area contributed by atoms with Crippen LogP contribution in [0.25, 0.3) is 10.2 Å². The molecular formula is C19H18FN3OS. The normalized spacial score (nSPS) is 16.6. The van der Waals surface area contributed by atoms with Crippen molar-refractivity contribution in [2.45, 2.75) is 26.2 Å². The zero-order chi connectivity index (χ0) is 17.6. The number of nitrogens with two attached hydrogens (primary N) is 1. The molecule has 3 N–H and O–H groups in total. The molecule has 1 aromatic carbocycles. The molecule has 0 saturated heterocycles. The number of thiophene rings is 1. The number of nitrogens with one attached hydrogen (secondary N) is 1. The number of hydrogen-bond acceptors (Lipinski definition) is 4. The van der Waals surface area contributed by atoms with Crippen molar-refractivity contribution < 1.29 is 9.18 Å². The van der Waals surface area contributed by atoms with Gasteiger partial charge in [0.05, 0.1) is 11.4 Å². The van der Waals surface area contributed by atoms with Crippen LogP contribution in [0, 0.1) is 11.7 Å². The van der Waals surface area contributed by atoms with Crippen molar-refractivity contribution >= 4 is 38.8 Å². The second kappa shape index (κ2) is 6.11. The summed E-state index contributed by atoms with van der Waals surface area (Å²) >= 11 is 1.26. The maximum atomic E-state index is 13.8. The Balaban J connectivity index is 1.72. The number of carbonyl (C=O) groups excluding carboxylic acids is 1. The first-order chi connectivity index (χ1) is 12.0. The van der Waals surface area contributed by atoms with Gasteiger partial charge in [-0.25, -0.2) is 9.37 Å². The van der Waals surface area contributed by atoms with Gasteiger partial charge in [-0.15, -0.1) is 11.3 Å². The molecule has 4 rings (SSSR count). The Hall–Kier alpha value is -2.47. The predicted octanol–water partition coefficient (Wildman–Crippen LogP) is 4.39. The molecule has 6 heteroatoms. The van der Waals surface area contributed by atoms with E-state index in [9.17, 15) is 9.18 Å². The summed E-state index contributed by atoms with van der Waals surface area (Å²) in [4.78, 5) is 18.4. The maximum Gasteiger partial charge on any atom is 0.268 e. The molecule has 1 aliphatic rings. The van der Waals surface area contributed by atoms with Crippen LogP contribution in [-0.4, -0.2) is 10.9 Å². The lowest BCUT2D eigenvalue weighted by molar-refractivity contribution is 0.103. The summed E-state index contributed by atoms with van der Waals surface area (Å²) in [5.74, 6) is -0.245. The Labute approximate surface area is 148 Å². The summed E-state index contributed by atoms with van der Waals surface area (Å²) in [5, 5.41) is 3.41. The number of carbonyl (C=O) groups is 1. The van der Waals surface area contributed by atoms with Gasteiger partial charge in [-0.1, -0.05) is 19.1 Å². The minimum absolute atomic E-state index is 0.144. The molecule has 0 fully saturated rings. The molecule has 4 nitrogen and oxygen atoms in total. The number of aromatic nitrogens is 1. The van der Waals surface area contributed by atoms with Gasteiger partial charge in [0.2, 0.25) is 0 Å². The first kappa shape index (κ1) is 16.0. The van der Waals surface area contributed by atoms with Crippen molar-refractivity contribution in [3.8, 4) is 0 Å². The highest BCUT2D eigenvalue weighted by atomic mass is 32.1. The van der Waals surface area contributed by atoms with Crippen molar-refractivity contribution in [1.29, 1.82) is 0 Å². The van der Waals surface area contributed by atoms with Crippen LogP contribution in [0.3, 0.4) is 0 Å². The number of nitrogen functional groups attached to an aromatic ring is 1. The van der Waals surface area contributed by atoms with E-state index in [0.717, 1.165) is 35.2 Å². The standard InChI is InChI=1S/C19H18FN3OS/c1-10-6-7-14-11(8-10)9-12-16(21)17(25-19(12)23-14)18(24)22-15-5-3-2-4-13(15)20/h2-5,9-10H,6-8,21H2,1H3,(H,22,24). The molecule has 0 aliphatic heterocycles. The summed E-state index contributed by atoms with van der Waals surface area (Å²) in [5.41, 5.74) is 9.10. The molecule has 128 valence electrons. The number of hydrogen-bond donors (Lipinski definition) is 2. The average molecular weight is 355 g/mol. The molecule has 1 unspecified atom stereocenters. The van der Waals surface area contributed by atoms with Crippen LogP contribution in [0.4, 0.5) is 15.8 Å². The molecule has 3 aromatic rings. The highest BCUT2D eigenvalue weighted by Crippen LogP contribution is 2.36. The number of aryl methyl sites for hydroxylation is 1. The van der Waals surface area contributed by atoms with E-state index in [-0.39, 0.29) is 5.69 Å². The molecule has 1 atom stereocenters. The van der Waals surface area contributed by atoms with Gasteiger partial charge >= 0.3 is 0 Å². The number of fused-ring (bicyclic) bond motifs is 2. The number of pyridine rings is 1. The number of nitrogens with zero attached hydrogens (tertiary/aromatic N) is 1. The fourth-order valence-corrected chi connectivity index (χ4v) is 4.27. The van der Waals surface area contributed by atoms with Crippen LogP contribution in [0.15, 0.2) is 30.3 Å². The van der Waals surface area contributed by atoms with Crippen LogP contribution < -0.4 is 11.1 Å². The van der Waals surface area contributed by atoms with E-state index in [1.807, 2.05) is 0 Å². The Morgan fingerprint density at radius 3 is 3.00 bits per heavy atom. The molecule has 0 radical (unpaired) electrons. The zero-order valence-electron chi connectivity index (χ0n) is 13.8. The number of amides is 1. The second-order valence-corrected chi connectivity index (χ2v) is 7.57. The molecule has 2 aromatic heterocycles. The van der Waals surface area contributed by atoms with E-state index >= 15 is 0 Å². The van der Waals surface area contributed by atoms with Crippen molar-refractivity contribution in [3.63, 3.8) is 0 Å². The quantitative estimate of drug-likeness (QED) is 0.716. The number of anilines is 2. The Morgan fingerprint density at radius 1 is 1.40 bits per heavy atom. The van der Waals surface area contributed by atoms with Gasteiger partial charge in [-0.2, -0.15) is 0 Å². The van der Waals surface area contributed by atoms with Gasteiger partial charge < -0.3 is 11.1 Å². The van der Waals surface area contributed by atoms with Gasteiger partial charge in [0, 0.05) is 11.1 Å². The lowest BCUT2D eigenvalue weighted by Gasteiger charge is -2.20.